The number of rotatable bonds is 6. The number of aliphatic hydroxyl groups is 1. The third-order valence-electron chi connectivity index (χ3n) is 2.11. The Hall–Kier alpha value is -0.430. The normalized spacial score (nSPS) is 12.5. The molecule has 0 radical (unpaired) electrons. The number of hydrogen-bond acceptors (Lipinski definition) is 4. The molecule has 1 heterocycles. The first-order chi connectivity index (χ1) is 8.00. The van der Waals surface area contributed by atoms with Crippen LogP contribution in [0.4, 0.5) is 0 Å². The lowest BCUT2D eigenvalue weighted by molar-refractivity contribution is 0.0957. The van der Waals surface area contributed by atoms with Gasteiger partial charge >= 0.3 is 0 Å². The zero-order valence-corrected chi connectivity index (χ0v) is 12.3. The average molecular weight is 321 g/mol. The number of amides is 1. The van der Waals surface area contributed by atoms with Crippen molar-refractivity contribution in [3.05, 3.63) is 20.3 Å². The van der Waals surface area contributed by atoms with Crippen molar-refractivity contribution in [3.63, 3.8) is 0 Å². The van der Waals surface area contributed by atoms with Gasteiger partial charge in [-0.25, -0.2) is 0 Å². The maximum absolute atomic E-state index is 11.7. The average Bonchev–Trinajstić information content (AvgIpc) is 2.58. The van der Waals surface area contributed by atoms with Gasteiger partial charge in [-0.1, -0.05) is 0 Å². The first-order valence-electron chi connectivity index (χ1n) is 5.43. The zero-order valence-electron chi connectivity index (χ0n) is 9.92. The van der Waals surface area contributed by atoms with Gasteiger partial charge in [0.25, 0.3) is 5.91 Å². The van der Waals surface area contributed by atoms with Gasteiger partial charge in [0.15, 0.2) is 0 Å². The van der Waals surface area contributed by atoms with Gasteiger partial charge in [0.1, 0.15) is 0 Å². The third kappa shape index (κ3) is 5.16. The second kappa shape index (κ2) is 7.10. The standard InChI is InChI=1S/C11H17BrN2O2S/c1-7-5-9(17-10(7)12)11(16)14-4-3-13-6-8(2)15/h5,8,13,15H,3-4,6H2,1-2H3,(H,14,16). The van der Waals surface area contributed by atoms with E-state index in [0.717, 1.165) is 9.35 Å². The fourth-order valence-corrected chi connectivity index (χ4v) is 2.69. The van der Waals surface area contributed by atoms with Crippen LogP contribution in [0.2, 0.25) is 0 Å². The van der Waals surface area contributed by atoms with Crippen LogP contribution in [0.3, 0.4) is 0 Å². The summed E-state index contributed by atoms with van der Waals surface area (Å²) in [7, 11) is 0. The van der Waals surface area contributed by atoms with Gasteiger partial charge in [0.05, 0.1) is 14.8 Å². The van der Waals surface area contributed by atoms with E-state index in [2.05, 4.69) is 26.6 Å². The first-order valence-corrected chi connectivity index (χ1v) is 7.04. The Morgan fingerprint density at radius 2 is 2.29 bits per heavy atom. The molecule has 1 amide bonds. The van der Waals surface area contributed by atoms with Crippen LogP contribution in [0.15, 0.2) is 9.85 Å². The van der Waals surface area contributed by atoms with Crippen molar-refractivity contribution in [2.75, 3.05) is 19.6 Å². The molecule has 0 spiro atoms. The Morgan fingerprint density at radius 1 is 1.59 bits per heavy atom. The van der Waals surface area contributed by atoms with Crippen LogP contribution in [0, 0.1) is 6.92 Å². The van der Waals surface area contributed by atoms with E-state index >= 15 is 0 Å². The molecule has 1 aromatic heterocycles. The first kappa shape index (κ1) is 14.6. The topological polar surface area (TPSA) is 61.4 Å². The maximum Gasteiger partial charge on any atom is 0.261 e. The minimum atomic E-state index is -0.360. The second-order valence-corrected chi connectivity index (χ2v) is 6.25. The van der Waals surface area contributed by atoms with Crippen molar-refractivity contribution in [2.45, 2.75) is 20.0 Å². The number of aliphatic hydroxyl groups excluding tert-OH is 1. The molecule has 4 nitrogen and oxygen atoms in total. The Balaban J connectivity index is 2.26. The molecule has 0 aliphatic rings. The number of aryl methyl sites for hydroxylation is 1. The SMILES string of the molecule is Cc1cc(C(=O)NCCNCC(C)O)sc1Br. The zero-order chi connectivity index (χ0) is 12.8. The van der Waals surface area contributed by atoms with Gasteiger partial charge in [0.2, 0.25) is 0 Å². The van der Waals surface area contributed by atoms with E-state index in [1.807, 2.05) is 13.0 Å². The van der Waals surface area contributed by atoms with Gasteiger partial charge in [-0.3, -0.25) is 4.79 Å². The maximum atomic E-state index is 11.7. The van der Waals surface area contributed by atoms with E-state index in [1.54, 1.807) is 6.92 Å². The molecule has 1 unspecified atom stereocenters. The highest BCUT2D eigenvalue weighted by Gasteiger charge is 2.10. The van der Waals surface area contributed by atoms with E-state index in [4.69, 9.17) is 5.11 Å². The lowest BCUT2D eigenvalue weighted by atomic mass is 10.3. The molecular formula is C11H17BrN2O2S. The summed E-state index contributed by atoms with van der Waals surface area (Å²) >= 11 is 4.83. The molecule has 0 aliphatic carbocycles. The summed E-state index contributed by atoms with van der Waals surface area (Å²) in [5.41, 5.74) is 1.08. The number of thiophene rings is 1. The minimum absolute atomic E-state index is 0.0531. The summed E-state index contributed by atoms with van der Waals surface area (Å²) in [6.07, 6.45) is -0.360. The predicted octanol–water partition coefficient (Wildman–Crippen LogP) is 1.52. The lowest BCUT2D eigenvalue weighted by Gasteiger charge is -2.07. The summed E-state index contributed by atoms with van der Waals surface area (Å²) in [6.45, 7) is 5.43. The van der Waals surface area contributed by atoms with Crippen molar-refractivity contribution in [1.29, 1.82) is 0 Å². The quantitative estimate of drug-likeness (QED) is 0.696. The molecule has 0 aromatic carbocycles. The van der Waals surface area contributed by atoms with Crippen LogP contribution >= 0.6 is 27.3 Å². The van der Waals surface area contributed by atoms with Crippen LogP contribution in [0.5, 0.6) is 0 Å². The highest BCUT2D eigenvalue weighted by atomic mass is 79.9. The number of carbonyl (C=O) groups is 1. The Kier molecular flexibility index (Phi) is 6.11. The molecule has 0 saturated heterocycles. The molecule has 1 rings (SSSR count). The summed E-state index contributed by atoms with van der Waals surface area (Å²) in [6, 6.07) is 1.87. The molecule has 3 N–H and O–H groups in total. The largest absolute Gasteiger partial charge is 0.392 e. The monoisotopic (exact) mass is 320 g/mol. The van der Waals surface area contributed by atoms with E-state index in [0.29, 0.717) is 24.5 Å². The van der Waals surface area contributed by atoms with E-state index < -0.39 is 0 Å². The van der Waals surface area contributed by atoms with E-state index in [1.165, 1.54) is 11.3 Å². The lowest BCUT2D eigenvalue weighted by Crippen LogP contribution is -2.34. The van der Waals surface area contributed by atoms with Crippen molar-refractivity contribution in [1.82, 2.24) is 10.6 Å². The van der Waals surface area contributed by atoms with Gasteiger partial charge in [-0.2, -0.15) is 0 Å². The second-order valence-electron chi connectivity index (χ2n) is 3.88. The third-order valence-corrected chi connectivity index (χ3v) is 4.24. The number of hydrogen-bond donors (Lipinski definition) is 3. The molecule has 1 atom stereocenters. The van der Waals surface area contributed by atoms with Gasteiger partial charge in [-0.05, 0) is 41.4 Å². The predicted molar refractivity (Wildman–Crippen MR) is 73.6 cm³/mol. The van der Waals surface area contributed by atoms with Crippen LogP contribution in [-0.4, -0.2) is 36.8 Å². The van der Waals surface area contributed by atoms with Crippen LogP contribution in [0.1, 0.15) is 22.2 Å². The molecular weight excluding hydrogens is 304 g/mol. The van der Waals surface area contributed by atoms with Crippen molar-refractivity contribution < 1.29 is 9.90 Å². The van der Waals surface area contributed by atoms with Crippen LogP contribution in [-0.2, 0) is 0 Å². The number of nitrogens with one attached hydrogen (secondary N) is 2. The Bertz CT molecular complexity index is 360. The van der Waals surface area contributed by atoms with Crippen molar-refractivity contribution in [3.8, 4) is 0 Å². The number of halogens is 1. The number of carbonyl (C=O) groups excluding carboxylic acids is 1. The molecule has 96 valence electrons. The molecule has 0 bridgehead atoms. The fraction of sp³-hybridized carbons (Fsp3) is 0.545. The van der Waals surface area contributed by atoms with Crippen molar-refractivity contribution >= 4 is 33.2 Å². The smallest absolute Gasteiger partial charge is 0.261 e. The highest BCUT2D eigenvalue weighted by Crippen LogP contribution is 2.26. The molecule has 17 heavy (non-hydrogen) atoms. The highest BCUT2D eigenvalue weighted by molar-refractivity contribution is 9.11. The summed E-state index contributed by atoms with van der Waals surface area (Å²) in [5.74, 6) is -0.0531. The van der Waals surface area contributed by atoms with Gasteiger partial charge in [-0.15, -0.1) is 11.3 Å². The minimum Gasteiger partial charge on any atom is -0.392 e. The van der Waals surface area contributed by atoms with Gasteiger partial charge in [0, 0.05) is 19.6 Å². The molecule has 6 heteroatoms. The van der Waals surface area contributed by atoms with Crippen molar-refractivity contribution in [2.24, 2.45) is 0 Å². The fourth-order valence-electron chi connectivity index (χ4n) is 1.23. The summed E-state index contributed by atoms with van der Waals surface area (Å²) in [5, 5.41) is 14.9. The summed E-state index contributed by atoms with van der Waals surface area (Å²) < 4.78 is 0.995. The van der Waals surface area contributed by atoms with Crippen LogP contribution in [0.25, 0.3) is 0 Å². The molecule has 0 fully saturated rings. The molecule has 0 aliphatic heterocycles. The van der Waals surface area contributed by atoms with Crippen LogP contribution < -0.4 is 10.6 Å². The van der Waals surface area contributed by atoms with Gasteiger partial charge < -0.3 is 15.7 Å². The van der Waals surface area contributed by atoms with E-state index in [-0.39, 0.29) is 12.0 Å². The molecule has 0 saturated carbocycles. The summed E-state index contributed by atoms with van der Waals surface area (Å²) in [4.78, 5) is 12.4. The Morgan fingerprint density at radius 3 is 2.82 bits per heavy atom. The molecule has 1 aromatic rings. The van der Waals surface area contributed by atoms with E-state index in [9.17, 15) is 4.79 Å². The Labute approximate surface area is 114 Å².